The van der Waals surface area contributed by atoms with Crippen LogP contribution >= 0.6 is 11.3 Å². The standard InChI is InChI=1S/C19H25N3O5S2/c1-26-11-3-12-27-16-4-2-10-22(14-16)18(23)15-5-7-17(8-6-15)29(24,25)21-19-20-9-13-28-19/h5-9,13,16H,2-4,10-12,14H2,1H3,(H,20,21). The Morgan fingerprint density at radius 1 is 1.31 bits per heavy atom. The number of piperidine rings is 1. The Bertz CT molecular complexity index is 885. The van der Waals surface area contributed by atoms with Crippen molar-refractivity contribution < 1.29 is 22.7 Å². The van der Waals surface area contributed by atoms with Gasteiger partial charge in [0, 0.05) is 50.6 Å². The third-order valence-electron chi connectivity index (χ3n) is 4.58. The van der Waals surface area contributed by atoms with Gasteiger partial charge in [-0.25, -0.2) is 13.4 Å². The van der Waals surface area contributed by atoms with E-state index >= 15 is 0 Å². The summed E-state index contributed by atoms with van der Waals surface area (Å²) in [5, 5.41) is 1.99. The number of carbonyl (C=O) groups excluding carboxylic acids is 1. The van der Waals surface area contributed by atoms with E-state index in [4.69, 9.17) is 9.47 Å². The van der Waals surface area contributed by atoms with E-state index < -0.39 is 10.0 Å². The Morgan fingerprint density at radius 3 is 2.79 bits per heavy atom. The highest BCUT2D eigenvalue weighted by molar-refractivity contribution is 7.93. The first-order chi connectivity index (χ1) is 14.0. The smallest absolute Gasteiger partial charge is 0.263 e. The highest BCUT2D eigenvalue weighted by Gasteiger charge is 2.25. The first-order valence-corrected chi connectivity index (χ1v) is 11.8. The summed E-state index contributed by atoms with van der Waals surface area (Å²) in [6.07, 6.45) is 4.18. The van der Waals surface area contributed by atoms with Gasteiger partial charge in [0.25, 0.3) is 15.9 Å². The van der Waals surface area contributed by atoms with Crippen LogP contribution in [0.25, 0.3) is 0 Å². The molecule has 0 spiro atoms. The minimum Gasteiger partial charge on any atom is -0.385 e. The number of nitrogens with one attached hydrogen (secondary N) is 1. The maximum absolute atomic E-state index is 12.8. The second kappa shape index (κ2) is 10.1. The molecular weight excluding hydrogens is 414 g/mol. The molecule has 1 amide bonds. The zero-order valence-electron chi connectivity index (χ0n) is 16.2. The summed E-state index contributed by atoms with van der Waals surface area (Å²) in [7, 11) is -2.07. The van der Waals surface area contributed by atoms with Gasteiger partial charge in [0.1, 0.15) is 0 Å². The number of carbonyl (C=O) groups is 1. The number of ether oxygens (including phenoxy) is 2. The highest BCUT2D eigenvalue weighted by Crippen LogP contribution is 2.20. The maximum atomic E-state index is 12.8. The molecule has 1 atom stereocenters. The normalized spacial score (nSPS) is 17.3. The van der Waals surface area contributed by atoms with Crippen LogP contribution < -0.4 is 4.72 Å². The van der Waals surface area contributed by atoms with Gasteiger partial charge in [-0.2, -0.15) is 0 Å². The molecule has 1 fully saturated rings. The number of nitrogens with zero attached hydrogens (tertiary/aromatic N) is 2. The van der Waals surface area contributed by atoms with Crippen LogP contribution in [0, 0.1) is 0 Å². The molecule has 3 rings (SSSR count). The third-order valence-corrected chi connectivity index (χ3v) is 6.75. The number of anilines is 1. The fourth-order valence-corrected chi connectivity index (χ4v) is 4.91. The zero-order chi connectivity index (χ0) is 20.7. The summed E-state index contributed by atoms with van der Waals surface area (Å²) in [5.41, 5.74) is 0.457. The molecule has 158 valence electrons. The highest BCUT2D eigenvalue weighted by atomic mass is 32.2. The van der Waals surface area contributed by atoms with Gasteiger partial charge >= 0.3 is 0 Å². The van der Waals surface area contributed by atoms with Crippen LogP contribution in [0.5, 0.6) is 0 Å². The van der Waals surface area contributed by atoms with Crippen molar-refractivity contribution in [1.82, 2.24) is 9.88 Å². The number of aromatic nitrogens is 1. The van der Waals surface area contributed by atoms with Gasteiger partial charge in [0.15, 0.2) is 5.13 Å². The molecule has 0 radical (unpaired) electrons. The first kappa shape index (κ1) is 21.7. The molecule has 1 aliphatic rings. The summed E-state index contributed by atoms with van der Waals surface area (Å²) in [5.74, 6) is -0.118. The molecule has 1 aromatic carbocycles. The monoisotopic (exact) mass is 439 g/mol. The predicted molar refractivity (Wildman–Crippen MR) is 111 cm³/mol. The fraction of sp³-hybridized carbons (Fsp3) is 0.474. The van der Waals surface area contributed by atoms with Gasteiger partial charge in [-0.05, 0) is 43.5 Å². The lowest BCUT2D eigenvalue weighted by molar-refractivity contribution is -0.00435. The van der Waals surface area contributed by atoms with Crippen LogP contribution in [0.3, 0.4) is 0 Å². The van der Waals surface area contributed by atoms with Gasteiger partial charge in [0.2, 0.25) is 0 Å². The van der Waals surface area contributed by atoms with Crippen molar-refractivity contribution in [2.45, 2.75) is 30.3 Å². The van der Waals surface area contributed by atoms with E-state index in [1.54, 1.807) is 29.5 Å². The number of hydrogen-bond donors (Lipinski definition) is 1. The average Bonchev–Trinajstić information content (AvgIpc) is 3.23. The van der Waals surface area contributed by atoms with Crippen LogP contribution in [-0.2, 0) is 19.5 Å². The van der Waals surface area contributed by atoms with Crippen molar-refractivity contribution in [3.63, 3.8) is 0 Å². The molecule has 29 heavy (non-hydrogen) atoms. The van der Waals surface area contributed by atoms with Gasteiger partial charge < -0.3 is 14.4 Å². The number of rotatable bonds is 9. The summed E-state index contributed by atoms with van der Waals surface area (Å²) >= 11 is 1.20. The molecule has 0 aliphatic carbocycles. The number of thiazole rings is 1. The third kappa shape index (κ3) is 5.99. The molecule has 2 aromatic rings. The Hall–Kier alpha value is -2.01. The molecule has 1 aliphatic heterocycles. The molecule has 2 heterocycles. The Balaban J connectivity index is 1.59. The van der Waals surface area contributed by atoms with E-state index in [1.807, 2.05) is 0 Å². The summed E-state index contributed by atoms with van der Waals surface area (Å²) in [6, 6.07) is 5.96. The van der Waals surface area contributed by atoms with Crippen LogP contribution in [0.15, 0.2) is 40.7 Å². The van der Waals surface area contributed by atoms with Crippen LogP contribution in [0.4, 0.5) is 5.13 Å². The molecule has 1 unspecified atom stereocenters. The molecule has 1 N–H and O–H groups in total. The zero-order valence-corrected chi connectivity index (χ0v) is 17.9. The molecule has 0 bridgehead atoms. The van der Waals surface area contributed by atoms with Crippen molar-refractivity contribution in [1.29, 1.82) is 0 Å². The molecular formula is C19H25N3O5S2. The number of benzene rings is 1. The van der Waals surface area contributed by atoms with Crippen LogP contribution in [-0.4, -0.2) is 63.7 Å². The van der Waals surface area contributed by atoms with E-state index in [0.29, 0.717) is 37.0 Å². The summed E-state index contributed by atoms with van der Waals surface area (Å²) < 4.78 is 38.1. The Morgan fingerprint density at radius 2 is 2.10 bits per heavy atom. The lowest BCUT2D eigenvalue weighted by Gasteiger charge is -2.32. The first-order valence-electron chi connectivity index (χ1n) is 9.42. The quantitative estimate of drug-likeness (QED) is 0.603. The SMILES string of the molecule is COCCCOC1CCCN(C(=O)c2ccc(S(=O)(=O)Nc3nccs3)cc2)C1. The maximum Gasteiger partial charge on any atom is 0.263 e. The fourth-order valence-electron chi connectivity index (χ4n) is 3.12. The van der Waals surface area contributed by atoms with Crippen molar-refractivity contribution in [2.24, 2.45) is 0 Å². The largest absolute Gasteiger partial charge is 0.385 e. The second-order valence-electron chi connectivity index (χ2n) is 6.70. The molecule has 1 saturated heterocycles. The van der Waals surface area contributed by atoms with Gasteiger partial charge in [-0.1, -0.05) is 0 Å². The van der Waals surface area contributed by atoms with Gasteiger partial charge in [0.05, 0.1) is 11.0 Å². The average molecular weight is 440 g/mol. The number of hydrogen-bond acceptors (Lipinski definition) is 7. The van der Waals surface area contributed by atoms with E-state index in [2.05, 4.69) is 9.71 Å². The van der Waals surface area contributed by atoms with Crippen LogP contribution in [0.2, 0.25) is 0 Å². The van der Waals surface area contributed by atoms with Gasteiger partial charge in [-0.15, -0.1) is 11.3 Å². The van der Waals surface area contributed by atoms with Crippen LogP contribution in [0.1, 0.15) is 29.6 Å². The molecule has 8 nitrogen and oxygen atoms in total. The topological polar surface area (TPSA) is 97.8 Å². The van der Waals surface area contributed by atoms with E-state index in [0.717, 1.165) is 19.3 Å². The molecule has 10 heteroatoms. The molecule has 1 aromatic heterocycles. The van der Waals surface area contributed by atoms with E-state index in [-0.39, 0.29) is 16.9 Å². The predicted octanol–water partition coefficient (Wildman–Crippen LogP) is 2.60. The van der Waals surface area contributed by atoms with Crippen molar-refractivity contribution >= 4 is 32.4 Å². The number of sulfonamides is 1. The Kier molecular flexibility index (Phi) is 7.59. The summed E-state index contributed by atoms with van der Waals surface area (Å²) in [4.78, 5) is 18.6. The van der Waals surface area contributed by atoms with Crippen molar-refractivity contribution in [3.8, 4) is 0 Å². The Labute approximate surface area is 174 Å². The van der Waals surface area contributed by atoms with E-state index in [1.165, 1.54) is 29.7 Å². The van der Waals surface area contributed by atoms with E-state index in [9.17, 15) is 13.2 Å². The number of amides is 1. The van der Waals surface area contributed by atoms with Crippen molar-refractivity contribution in [2.75, 3.05) is 38.1 Å². The minimum atomic E-state index is -3.73. The summed E-state index contributed by atoms with van der Waals surface area (Å²) in [6.45, 7) is 2.47. The lowest BCUT2D eigenvalue weighted by Crippen LogP contribution is -2.43. The van der Waals surface area contributed by atoms with Gasteiger partial charge in [-0.3, -0.25) is 9.52 Å². The number of methoxy groups -OCH3 is 1. The molecule has 0 saturated carbocycles. The second-order valence-corrected chi connectivity index (χ2v) is 9.28. The van der Waals surface area contributed by atoms with Crippen molar-refractivity contribution in [3.05, 3.63) is 41.4 Å². The minimum absolute atomic E-state index is 0.0201. The number of likely N-dealkylation sites (tertiary alicyclic amines) is 1. The lowest BCUT2D eigenvalue weighted by atomic mass is 10.1.